The molecular weight excluding hydrogens is 332 g/mol. The molecule has 4 aromatic rings. The maximum Gasteiger partial charge on any atom is 0.269 e. The number of aromatic nitrogens is 5. The number of carbonyl (C=O) groups is 1. The molecule has 8 heteroatoms. The lowest BCUT2D eigenvalue weighted by Crippen LogP contribution is -2.23. The normalized spacial score (nSPS) is 10.8. The van der Waals surface area contributed by atoms with E-state index in [9.17, 15) is 4.79 Å². The highest BCUT2D eigenvalue weighted by Gasteiger charge is 2.12. The highest BCUT2D eigenvalue weighted by Crippen LogP contribution is 2.21. The van der Waals surface area contributed by atoms with E-state index in [0.717, 1.165) is 17.0 Å². The summed E-state index contributed by atoms with van der Waals surface area (Å²) in [5.74, 6) is 1.12. The largest absolute Gasteiger partial charge is 0.497 e. The second-order valence-electron chi connectivity index (χ2n) is 5.64. The molecule has 26 heavy (non-hydrogen) atoms. The zero-order chi connectivity index (χ0) is 17.9. The maximum atomic E-state index is 12.3. The number of hydrogen-bond acceptors (Lipinski definition) is 5. The van der Waals surface area contributed by atoms with Gasteiger partial charge >= 0.3 is 0 Å². The molecule has 0 saturated heterocycles. The lowest BCUT2D eigenvalue weighted by Gasteiger charge is -2.00. The molecule has 0 aliphatic rings. The second kappa shape index (κ2) is 6.67. The molecule has 0 unspecified atom stereocenters. The van der Waals surface area contributed by atoms with Gasteiger partial charge < -0.3 is 10.1 Å². The first-order valence-corrected chi connectivity index (χ1v) is 7.99. The molecule has 0 saturated carbocycles. The van der Waals surface area contributed by atoms with Crippen LogP contribution in [0.5, 0.6) is 5.75 Å². The molecule has 0 aliphatic carbocycles. The predicted molar refractivity (Wildman–Crippen MR) is 94.7 cm³/mol. The van der Waals surface area contributed by atoms with E-state index >= 15 is 0 Å². The van der Waals surface area contributed by atoms with Gasteiger partial charge in [0, 0.05) is 24.2 Å². The standard InChI is InChI=1S/C18H16N6O2/c1-26-14-5-3-12(4-6-14)15-9-16(23-22-15)17(25)20-10-13-11-24-8-2-7-19-18(24)21-13/h2-9,11H,10H2,1H3,(H,20,25)(H,22,23). The van der Waals surface area contributed by atoms with Crippen LogP contribution in [0.3, 0.4) is 0 Å². The molecule has 130 valence electrons. The molecule has 0 aliphatic heterocycles. The van der Waals surface area contributed by atoms with Crippen LogP contribution in [0.25, 0.3) is 17.0 Å². The van der Waals surface area contributed by atoms with Crippen molar-refractivity contribution in [2.45, 2.75) is 6.54 Å². The van der Waals surface area contributed by atoms with E-state index in [1.807, 2.05) is 42.7 Å². The summed E-state index contributed by atoms with van der Waals surface area (Å²) in [4.78, 5) is 20.8. The summed E-state index contributed by atoms with van der Waals surface area (Å²) in [5, 5.41) is 9.79. The van der Waals surface area contributed by atoms with Crippen molar-refractivity contribution in [3.63, 3.8) is 0 Å². The lowest BCUT2D eigenvalue weighted by atomic mass is 10.1. The molecule has 2 N–H and O–H groups in total. The molecule has 0 atom stereocenters. The van der Waals surface area contributed by atoms with Crippen LogP contribution in [0.15, 0.2) is 55.0 Å². The SMILES string of the molecule is COc1ccc(-c2cc(C(=O)NCc3cn4cccnc4n3)[nH]n2)cc1. The Bertz CT molecular complexity index is 1020. The number of rotatable bonds is 5. The van der Waals surface area contributed by atoms with E-state index in [-0.39, 0.29) is 5.91 Å². The Morgan fingerprint density at radius 3 is 2.92 bits per heavy atom. The minimum Gasteiger partial charge on any atom is -0.497 e. The monoisotopic (exact) mass is 348 g/mol. The number of methoxy groups -OCH3 is 1. The van der Waals surface area contributed by atoms with Crippen molar-refractivity contribution in [1.82, 2.24) is 29.9 Å². The van der Waals surface area contributed by atoms with Crippen molar-refractivity contribution in [3.05, 3.63) is 66.4 Å². The first kappa shape index (κ1) is 15.8. The van der Waals surface area contributed by atoms with Crippen LogP contribution in [0.4, 0.5) is 0 Å². The highest BCUT2D eigenvalue weighted by molar-refractivity contribution is 5.93. The summed E-state index contributed by atoms with van der Waals surface area (Å²) in [6.45, 7) is 0.305. The number of carbonyl (C=O) groups excluding carboxylic acids is 1. The fourth-order valence-electron chi connectivity index (χ4n) is 2.58. The van der Waals surface area contributed by atoms with Crippen LogP contribution >= 0.6 is 0 Å². The highest BCUT2D eigenvalue weighted by atomic mass is 16.5. The molecule has 3 aromatic heterocycles. The van der Waals surface area contributed by atoms with Crippen molar-refractivity contribution in [2.75, 3.05) is 7.11 Å². The zero-order valence-corrected chi connectivity index (χ0v) is 14.0. The number of nitrogens with one attached hydrogen (secondary N) is 2. The van der Waals surface area contributed by atoms with E-state index in [4.69, 9.17) is 4.74 Å². The van der Waals surface area contributed by atoms with Crippen molar-refractivity contribution >= 4 is 11.7 Å². The van der Waals surface area contributed by atoms with E-state index in [1.54, 1.807) is 23.8 Å². The fourth-order valence-corrected chi connectivity index (χ4v) is 2.58. The molecule has 8 nitrogen and oxygen atoms in total. The Labute approximate surface area is 148 Å². The average molecular weight is 348 g/mol. The molecule has 1 amide bonds. The van der Waals surface area contributed by atoms with Crippen LogP contribution < -0.4 is 10.1 Å². The van der Waals surface area contributed by atoms with Crippen LogP contribution in [0, 0.1) is 0 Å². The summed E-state index contributed by atoms with van der Waals surface area (Å²) in [5.41, 5.74) is 2.70. The summed E-state index contributed by atoms with van der Waals surface area (Å²) >= 11 is 0. The van der Waals surface area contributed by atoms with Gasteiger partial charge in [0.1, 0.15) is 11.4 Å². The summed E-state index contributed by atoms with van der Waals surface area (Å²) < 4.78 is 6.94. The third kappa shape index (κ3) is 3.12. The number of hydrogen-bond donors (Lipinski definition) is 2. The molecule has 0 bridgehead atoms. The summed E-state index contributed by atoms with van der Waals surface area (Å²) in [7, 11) is 1.62. The third-order valence-electron chi connectivity index (χ3n) is 3.92. The van der Waals surface area contributed by atoms with Gasteiger partial charge in [0.15, 0.2) is 0 Å². The first-order valence-electron chi connectivity index (χ1n) is 7.99. The fraction of sp³-hybridized carbons (Fsp3) is 0.111. The number of imidazole rings is 1. The van der Waals surface area contributed by atoms with Crippen molar-refractivity contribution in [3.8, 4) is 17.0 Å². The Balaban J connectivity index is 1.44. The van der Waals surface area contributed by atoms with E-state index in [2.05, 4.69) is 25.5 Å². The summed E-state index contributed by atoms with van der Waals surface area (Å²) in [6.07, 6.45) is 5.37. The van der Waals surface area contributed by atoms with Gasteiger partial charge in [-0.2, -0.15) is 5.10 Å². The van der Waals surface area contributed by atoms with Gasteiger partial charge in [0.05, 0.1) is 25.0 Å². The molecular formula is C18H16N6O2. The Kier molecular flexibility index (Phi) is 4.06. The molecule has 1 aromatic carbocycles. The van der Waals surface area contributed by atoms with Gasteiger partial charge in [-0.1, -0.05) is 0 Å². The van der Waals surface area contributed by atoms with E-state index in [1.165, 1.54) is 0 Å². The summed E-state index contributed by atoms with van der Waals surface area (Å²) in [6, 6.07) is 11.0. The molecule has 0 radical (unpaired) electrons. The Morgan fingerprint density at radius 1 is 1.31 bits per heavy atom. The van der Waals surface area contributed by atoms with Gasteiger partial charge in [-0.15, -0.1) is 0 Å². The number of H-pyrrole nitrogens is 1. The molecule has 0 fully saturated rings. The minimum atomic E-state index is -0.248. The van der Waals surface area contributed by atoms with Gasteiger partial charge in [-0.3, -0.25) is 14.3 Å². The van der Waals surface area contributed by atoms with Crippen molar-refractivity contribution in [2.24, 2.45) is 0 Å². The molecule has 3 heterocycles. The predicted octanol–water partition coefficient (Wildman–Crippen LogP) is 2.06. The smallest absolute Gasteiger partial charge is 0.269 e. The Morgan fingerprint density at radius 2 is 2.15 bits per heavy atom. The molecule has 0 spiro atoms. The number of nitrogens with zero attached hydrogens (tertiary/aromatic N) is 4. The molecule has 4 rings (SSSR count). The lowest BCUT2D eigenvalue weighted by molar-refractivity contribution is 0.0945. The van der Waals surface area contributed by atoms with Gasteiger partial charge in [0.2, 0.25) is 5.78 Å². The van der Waals surface area contributed by atoms with E-state index in [0.29, 0.717) is 23.7 Å². The maximum absolute atomic E-state index is 12.3. The van der Waals surface area contributed by atoms with Crippen LogP contribution in [-0.4, -0.2) is 37.6 Å². The number of amides is 1. The van der Waals surface area contributed by atoms with Crippen molar-refractivity contribution < 1.29 is 9.53 Å². The van der Waals surface area contributed by atoms with Crippen LogP contribution in [0.2, 0.25) is 0 Å². The number of aromatic amines is 1. The van der Waals surface area contributed by atoms with Gasteiger partial charge in [0.25, 0.3) is 5.91 Å². The van der Waals surface area contributed by atoms with Crippen molar-refractivity contribution in [1.29, 1.82) is 0 Å². The second-order valence-corrected chi connectivity index (χ2v) is 5.64. The average Bonchev–Trinajstić information content (AvgIpc) is 3.33. The topological polar surface area (TPSA) is 97.2 Å². The van der Waals surface area contributed by atoms with Crippen LogP contribution in [0.1, 0.15) is 16.2 Å². The zero-order valence-electron chi connectivity index (χ0n) is 14.0. The number of fused-ring (bicyclic) bond motifs is 1. The third-order valence-corrected chi connectivity index (χ3v) is 3.92. The van der Waals surface area contributed by atoms with Gasteiger partial charge in [-0.05, 0) is 36.4 Å². The Hall–Kier alpha value is -3.68. The quantitative estimate of drug-likeness (QED) is 0.575. The minimum absolute atomic E-state index is 0.248. The number of ether oxygens (including phenoxy) is 1. The van der Waals surface area contributed by atoms with E-state index < -0.39 is 0 Å². The van der Waals surface area contributed by atoms with Crippen LogP contribution in [-0.2, 0) is 6.54 Å². The number of benzene rings is 1. The first-order chi connectivity index (χ1) is 12.7. The van der Waals surface area contributed by atoms with Gasteiger partial charge in [-0.25, -0.2) is 9.97 Å².